The van der Waals surface area contributed by atoms with E-state index in [1.807, 2.05) is 36.6 Å². The molecule has 0 bridgehead atoms. The third kappa shape index (κ3) is 1.96. The van der Waals surface area contributed by atoms with Crippen molar-refractivity contribution in [2.24, 2.45) is 0 Å². The molecule has 3 aromatic rings. The Labute approximate surface area is 119 Å². The molecule has 0 N–H and O–H groups in total. The minimum absolute atomic E-state index is 0.245. The van der Waals surface area contributed by atoms with Crippen LogP contribution in [0.5, 0.6) is 0 Å². The molecule has 2 heterocycles. The van der Waals surface area contributed by atoms with E-state index < -0.39 is 0 Å². The number of halogens is 2. The Balaban J connectivity index is 2.35. The number of benzene rings is 1. The van der Waals surface area contributed by atoms with Crippen LogP contribution in [-0.2, 0) is 0 Å². The Morgan fingerprint density at radius 3 is 2.68 bits per heavy atom. The molecule has 19 heavy (non-hydrogen) atoms. The molecule has 0 unspecified atom stereocenters. The minimum atomic E-state index is -0.245. The van der Waals surface area contributed by atoms with Gasteiger partial charge in [-0.15, -0.1) is 0 Å². The lowest BCUT2D eigenvalue weighted by Gasteiger charge is -2.02. The zero-order valence-corrected chi connectivity index (χ0v) is 12.2. The zero-order valence-electron chi connectivity index (χ0n) is 10.6. The molecule has 0 spiro atoms. The average Bonchev–Trinajstić information content (AvgIpc) is 2.68. The third-order valence-corrected chi connectivity index (χ3v) is 3.67. The number of fused-ring (bicyclic) bond motifs is 1. The van der Waals surface area contributed by atoms with E-state index in [-0.39, 0.29) is 5.82 Å². The summed E-state index contributed by atoms with van der Waals surface area (Å²) in [5.74, 6) is -0.245. The molecule has 0 amide bonds. The molecule has 0 aliphatic carbocycles. The van der Waals surface area contributed by atoms with Gasteiger partial charge in [0, 0.05) is 21.9 Å². The van der Waals surface area contributed by atoms with Crippen LogP contribution in [0.3, 0.4) is 0 Å². The second-order valence-corrected chi connectivity index (χ2v) is 5.48. The van der Waals surface area contributed by atoms with E-state index in [2.05, 4.69) is 20.9 Å². The molecule has 0 saturated heterocycles. The van der Waals surface area contributed by atoms with Crippen LogP contribution >= 0.6 is 15.9 Å². The smallest absolute Gasteiger partial charge is 0.140 e. The van der Waals surface area contributed by atoms with Crippen molar-refractivity contribution in [1.82, 2.24) is 9.38 Å². The van der Waals surface area contributed by atoms with Gasteiger partial charge in [-0.25, -0.2) is 9.37 Å². The molecule has 2 aromatic heterocycles. The Morgan fingerprint density at radius 1 is 1.21 bits per heavy atom. The molecule has 96 valence electrons. The standard InChI is InChI=1S/C15H12BrFN2/c1-9-7-11(16)8-19-10(2)14(18-15(9)19)12-5-3-4-6-13(12)17/h3-8H,1-2H3. The molecule has 1 aromatic carbocycles. The van der Waals surface area contributed by atoms with E-state index in [0.29, 0.717) is 11.3 Å². The second-order valence-electron chi connectivity index (χ2n) is 4.56. The first kappa shape index (κ1) is 12.4. The van der Waals surface area contributed by atoms with E-state index in [9.17, 15) is 4.39 Å². The van der Waals surface area contributed by atoms with Crippen molar-refractivity contribution in [1.29, 1.82) is 0 Å². The summed E-state index contributed by atoms with van der Waals surface area (Å²) in [5, 5.41) is 0. The van der Waals surface area contributed by atoms with Crippen molar-refractivity contribution in [3.05, 3.63) is 58.1 Å². The topological polar surface area (TPSA) is 17.3 Å². The van der Waals surface area contributed by atoms with Crippen LogP contribution in [0.2, 0.25) is 0 Å². The second kappa shape index (κ2) is 4.46. The molecule has 0 fully saturated rings. The fraction of sp³-hybridized carbons (Fsp3) is 0.133. The molecule has 2 nitrogen and oxygen atoms in total. The predicted molar refractivity (Wildman–Crippen MR) is 77.8 cm³/mol. The monoisotopic (exact) mass is 318 g/mol. The number of aromatic nitrogens is 2. The highest BCUT2D eigenvalue weighted by atomic mass is 79.9. The summed E-state index contributed by atoms with van der Waals surface area (Å²) in [4.78, 5) is 4.59. The van der Waals surface area contributed by atoms with Gasteiger partial charge in [0.25, 0.3) is 0 Å². The highest BCUT2D eigenvalue weighted by Gasteiger charge is 2.15. The number of pyridine rings is 1. The Hall–Kier alpha value is -1.68. The molecule has 3 rings (SSSR count). The molecule has 0 radical (unpaired) electrons. The molecule has 0 aliphatic heterocycles. The minimum Gasteiger partial charge on any atom is -0.302 e. The van der Waals surface area contributed by atoms with Gasteiger partial charge < -0.3 is 4.40 Å². The van der Waals surface area contributed by atoms with Gasteiger partial charge in [0.2, 0.25) is 0 Å². The van der Waals surface area contributed by atoms with Gasteiger partial charge in [0.1, 0.15) is 11.5 Å². The number of nitrogens with zero attached hydrogens (tertiary/aromatic N) is 2. The molecule has 4 heteroatoms. The quantitative estimate of drug-likeness (QED) is 0.644. The highest BCUT2D eigenvalue weighted by molar-refractivity contribution is 9.10. The maximum absolute atomic E-state index is 13.9. The summed E-state index contributed by atoms with van der Waals surface area (Å²) < 4.78 is 16.9. The van der Waals surface area contributed by atoms with Crippen molar-refractivity contribution >= 4 is 21.6 Å². The fourth-order valence-corrected chi connectivity index (χ4v) is 2.84. The van der Waals surface area contributed by atoms with Gasteiger partial charge in [-0.3, -0.25) is 0 Å². The summed E-state index contributed by atoms with van der Waals surface area (Å²) in [6.45, 7) is 3.95. The van der Waals surface area contributed by atoms with Crippen LogP contribution < -0.4 is 0 Å². The summed E-state index contributed by atoms with van der Waals surface area (Å²) in [5.41, 5.74) is 4.09. The van der Waals surface area contributed by atoms with Crippen molar-refractivity contribution < 1.29 is 4.39 Å². The Kier molecular flexibility index (Phi) is 2.90. The number of aryl methyl sites for hydroxylation is 2. The van der Waals surface area contributed by atoms with Crippen molar-refractivity contribution in [3.63, 3.8) is 0 Å². The average molecular weight is 319 g/mol. The van der Waals surface area contributed by atoms with E-state index in [1.54, 1.807) is 12.1 Å². The lowest BCUT2D eigenvalue weighted by atomic mass is 10.1. The van der Waals surface area contributed by atoms with E-state index in [0.717, 1.165) is 21.4 Å². The largest absolute Gasteiger partial charge is 0.302 e. The molecule has 0 saturated carbocycles. The van der Waals surface area contributed by atoms with Crippen molar-refractivity contribution in [2.45, 2.75) is 13.8 Å². The highest BCUT2D eigenvalue weighted by Crippen LogP contribution is 2.28. The summed E-state index contributed by atoms with van der Waals surface area (Å²) >= 11 is 3.47. The van der Waals surface area contributed by atoms with E-state index >= 15 is 0 Å². The lowest BCUT2D eigenvalue weighted by Crippen LogP contribution is -1.90. The number of hydrogen-bond donors (Lipinski definition) is 0. The molecule has 0 atom stereocenters. The van der Waals surface area contributed by atoms with Crippen LogP contribution in [0.15, 0.2) is 41.0 Å². The van der Waals surface area contributed by atoms with Gasteiger partial charge in [0.05, 0.1) is 5.69 Å². The maximum atomic E-state index is 13.9. The predicted octanol–water partition coefficient (Wildman–Crippen LogP) is 4.52. The van der Waals surface area contributed by atoms with E-state index in [1.165, 1.54) is 6.07 Å². The van der Waals surface area contributed by atoms with Crippen LogP contribution in [-0.4, -0.2) is 9.38 Å². The van der Waals surface area contributed by atoms with Gasteiger partial charge >= 0.3 is 0 Å². The van der Waals surface area contributed by atoms with Gasteiger partial charge in [-0.05, 0) is 53.5 Å². The summed E-state index contributed by atoms with van der Waals surface area (Å²) in [6.07, 6.45) is 1.95. The summed E-state index contributed by atoms with van der Waals surface area (Å²) in [7, 11) is 0. The fourth-order valence-electron chi connectivity index (χ4n) is 2.29. The lowest BCUT2D eigenvalue weighted by molar-refractivity contribution is 0.630. The first-order chi connectivity index (χ1) is 9.08. The van der Waals surface area contributed by atoms with Gasteiger partial charge in [-0.2, -0.15) is 0 Å². The maximum Gasteiger partial charge on any atom is 0.140 e. The number of imidazole rings is 1. The molecular weight excluding hydrogens is 307 g/mol. The SMILES string of the molecule is Cc1cc(Br)cn2c(C)c(-c3ccccc3F)nc12. The van der Waals surface area contributed by atoms with Crippen LogP contribution in [0.1, 0.15) is 11.3 Å². The van der Waals surface area contributed by atoms with Crippen LogP contribution in [0.4, 0.5) is 4.39 Å². The normalized spacial score (nSPS) is 11.2. The van der Waals surface area contributed by atoms with Crippen LogP contribution in [0, 0.1) is 19.7 Å². The van der Waals surface area contributed by atoms with Crippen molar-refractivity contribution in [3.8, 4) is 11.3 Å². The Morgan fingerprint density at radius 2 is 1.95 bits per heavy atom. The molecular formula is C15H12BrFN2. The van der Waals surface area contributed by atoms with Crippen LogP contribution in [0.25, 0.3) is 16.9 Å². The Bertz CT molecular complexity index is 777. The summed E-state index contributed by atoms with van der Waals surface area (Å²) in [6, 6.07) is 8.74. The molecule has 0 aliphatic rings. The third-order valence-electron chi connectivity index (χ3n) is 3.24. The first-order valence-corrected chi connectivity index (χ1v) is 6.77. The van der Waals surface area contributed by atoms with Gasteiger partial charge in [-0.1, -0.05) is 12.1 Å². The first-order valence-electron chi connectivity index (χ1n) is 5.97. The number of rotatable bonds is 1. The number of hydrogen-bond acceptors (Lipinski definition) is 1. The van der Waals surface area contributed by atoms with Crippen molar-refractivity contribution in [2.75, 3.05) is 0 Å². The van der Waals surface area contributed by atoms with Gasteiger partial charge in [0.15, 0.2) is 0 Å². The zero-order chi connectivity index (χ0) is 13.6. The van der Waals surface area contributed by atoms with E-state index in [4.69, 9.17) is 0 Å².